The molecule has 1 heteroatoms. The fourth-order valence-electron chi connectivity index (χ4n) is 0.309. The van der Waals surface area contributed by atoms with Gasteiger partial charge >= 0.3 is 0 Å². The minimum absolute atomic E-state index is 0.0434. The van der Waals surface area contributed by atoms with Gasteiger partial charge in [-0.3, -0.25) is 0 Å². The zero-order valence-electron chi connectivity index (χ0n) is 5.71. The second-order valence-corrected chi connectivity index (χ2v) is 2.49. The predicted molar refractivity (Wildman–Crippen MR) is 34.9 cm³/mol. The Morgan fingerprint density at radius 3 is 2.25 bits per heavy atom. The SMILES string of the molecule is [C]#CCC(C)(C)NC. The van der Waals surface area contributed by atoms with Crippen molar-refractivity contribution < 1.29 is 0 Å². The third-order valence-corrected chi connectivity index (χ3v) is 1.21. The van der Waals surface area contributed by atoms with Crippen molar-refractivity contribution in [1.82, 2.24) is 5.32 Å². The Labute approximate surface area is 51.5 Å². The van der Waals surface area contributed by atoms with Crippen LogP contribution in [-0.4, -0.2) is 12.6 Å². The van der Waals surface area contributed by atoms with Crippen molar-refractivity contribution in [3.05, 3.63) is 6.42 Å². The fraction of sp³-hybridized carbons (Fsp3) is 0.714. The van der Waals surface area contributed by atoms with Crippen LogP contribution in [0.4, 0.5) is 0 Å². The first-order valence-electron chi connectivity index (χ1n) is 2.71. The van der Waals surface area contributed by atoms with E-state index in [-0.39, 0.29) is 5.54 Å². The molecule has 0 saturated heterocycles. The van der Waals surface area contributed by atoms with Gasteiger partial charge in [0.1, 0.15) is 0 Å². The van der Waals surface area contributed by atoms with Crippen molar-refractivity contribution in [3.63, 3.8) is 0 Å². The average Bonchev–Trinajstić information content (AvgIpc) is 1.67. The fourth-order valence-corrected chi connectivity index (χ4v) is 0.309. The number of hydrogen-bond donors (Lipinski definition) is 1. The van der Waals surface area contributed by atoms with Crippen LogP contribution in [-0.2, 0) is 0 Å². The Hall–Kier alpha value is -0.480. The van der Waals surface area contributed by atoms with Gasteiger partial charge in [-0.2, -0.15) is 0 Å². The smallest absolute Gasteiger partial charge is 0.0276 e. The summed E-state index contributed by atoms with van der Waals surface area (Å²) < 4.78 is 0. The molecular formula is C7H12N. The highest BCUT2D eigenvalue weighted by atomic mass is 14.9. The molecule has 0 rings (SSSR count). The van der Waals surface area contributed by atoms with Gasteiger partial charge in [-0.15, -0.1) is 0 Å². The lowest BCUT2D eigenvalue weighted by molar-refractivity contribution is 0.436. The predicted octanol–water partition coefficient (Wildman–Crippen LogP) is 0.964. The molecule has 0 amide bonds. The van der Waals surface area contributed by atoms with Crippen LogP contribution in [0.2, 0.25) is 0 Å². The van der Waals surface area contributed by atoms with Gasteiger partial charge in [0.15, 0.2) is 0 Å². The van der Waals surface area contributed by atoms with E-state index in [1.165, 1.54) is 0 Å². The van der Waals surface area contributed by atoms with Gasteiger partial charge in [-0.25, -0.2) is 0 Å². The second kappa shape index (κ2) is 2.74. The van der Waals surface area contributed by atoms with Gasteiger partial charge in [-0.1, -0.05) is 5.92 Å². The molecule has 8 heavy (non-hydrogen) atoms. The molecule has 0 spiro atoms. The van der Waals surface area contributed by atoms with Crippen molar-refractivity contribution in [2.75, 3.05) is 7.05 Å². The van der Waals surface area contributed by atoms with Crippen molar-refractivity contribution in [3.8, 4) is 5.92 Å². The van der Waals surface area contributed by atoms with Gasteiger partial charge in [0, 0.05) is 12.0 Å². The maximum Gasteiger partial charge on any atom is 0.0276 e. The molecule has 1 radical (unpaired) electrons. The molecule has 1 N–H and O–H groups in total. The van der Waals surface area contributed by atoms with Crippen molar-refractivity contribution in [1.29, 1.82) is 0 Å². The van der Waals surface area contributed by atoms with Gasteiger partial charge in [-0.05, 0) is 27.3 Å². The summed E-state index contributed by atoms with van der Waals surface area (Å²) in [5.74, 6) is 2.35. The molecule has 0 saturated carbocycles. The summed E-state index contributed by atoms with van der Waals surface area (Å²) in [6, 6.07) is 0. The highest BCUT2D eigenvalue weighted by molar-refractivity contribution is 4.89. The number of rotatable bonds is 2. The normalized spacial score (nSPS) is 10.8. The third-order valence-electron chi connectivity index (χ3n) is 1.21. The Bertz CT molecular complexity index is 97.4. The quantitative estimate of drug-likeness (QED) is 0.522. The minimum Gasteiger partial charge on any atom is -0.314 e. The summed E-state index contributed by atoms with van der Waals surface area (Å²) in [5, 5.41) is 3.06. The van der Waals surface area contributed by atoms with E-state index in [2.05, 4.69) is 11.2 Å². The van der Waals surface area contributed by atoms with Crippen LogP contribution in [0.25, 0.3) is 0 Å². The molecule has 0 aromatic heterocycles. The molecule has 0 heterocycles. The molecule has 0 aliphatic rings. The standard InChI is InChI=1S/C7H12N/c1-5-6-7(2,3)8-4/h8H,6H2,2-4H3. The summed E-state index contributed by atoms with van der Waals surface area (Å²) >= 11 is 0. The Kier molecular flexibility index (Phi) is 2.57. The van der Waals surface area contributed by atoms with Crippen molar-refractivity contribution >= 4 is 0 Å². The van der Waals surface area contributed by atoms with Crippen LogP contribution in [0.5, 0.6) is 0 Å². The van der Waals surface area contributed by atoms with Gasteiger partial charge in [0.25, 0.3) is 0 Å². The molecule has 0 unspecified atom stereocenters. The Balaban J connectivity index is 3.58. The molecular weight excluding hydrogens is 98.1 g/mol. The molecule has 0 aliphatic heterocycles. The first-order valence-corrected chi connectivity index (χ1v) is 2.71. The Morgan fingerprint density at radius 1 is 1.62 bits per heavy atom. The highest BCUT2D eigenvalue weighted by Gasteiger charge is 2.10. The lowest BCUT2D eigenvalue weighted by Crippen LogP contribution is -2.35. The highest BCUT2D eigenvalue weighted by Crippen LogP contribution is 2.03. The summed E-state index contributed by atoms with van der Waals surface area (Å²) in [6.07, 6.45) is 7.34. The van der Waals surface area contributed by atoms with Crippen molar-refractivity contribution in [2.45, 2.75) is 25.8 Å². The molecule has 0 aromatic carbocycles. The number of hydrogen-bond acceptors (Lipinski definition) is 1. The summed E-state index contributed by atoms with van der Waals surface area (Å²) in [7, 11) is 1.89. The zero-order chi connectivity index (χ0) is 6.62. The van der Waals surface area contributed by atoms with Crippen LogP contribution < -0.4 is 5.32 Å². The zero-order valence-corrected chi connectivity index (χ0v) is 5.71. The molecule has 1 nitrogen and oxygen atoms in total. The molecule has 0 aromatic rings. The molecule has 0 atom stereocenters. The maximum atomic E-state index is 6.67. The van der Waals surface area contributed by atoms with Crippen LogP contribution in [0, 0.1) is 12.3 Å². The molecule has 45 valence electrons. The van der Waals surface area contributed by atoms with E-state index in [9.17, 15) is 0 Å². The van der Waals surface area contributed by atoms with E-state index < -0.39 is 0 Å². The van der Waals surface area contributed by atoms with E-state index in [1.807, 2.05) is 20.9 Å². The molecule has 0 bridgehead atoms. The third kappa shape index (κ3) is 2.65. The van der Waals surface area contributed by atoms with E-state index in [4.69, 9.17) is 6.42 Å². The van der Waals surface area contributed by atoms with E-state index in [0.29, 0.717) is 6.42 Å². The second-order valence-electron chi connectivity index (χ2n) is 2.49. The Morgan fingerprint density at radius 2 is 2.12 bits per heavy atom. The number of nitrogens with one attached hydrogen (secondary N) is 1. The largest absolute Gasteiger partial charge is 0.314 e. The summed E-state index contributed by atoms with van der Waals surface area (Å²) in [5.41, 5.74) is 0.0434. The topological polar surface area (TPSA) is 12.0 Å². The van der Waals surface area contributed by atoms with Crippen LogP contribution in [0.1, 0.15) is 20.3 Å². The summed E-state index contributed by atoms with van der Waals surface area (Å²) in [4.78, 5) is 0. The first-order chi connectivity index (χ1) is 3.62. The van der Waals surface area contributed by atoms with E-state index >= 15 is 0 Å². The van der Waals surface area contributed by atoms with Crippen molar-refractivity contribution in [2.24, 2.45) is 0 Å². The molecule has 0 fully saturated rings. The average molecular weight is 110 g/mol. The summed E-state index contributed by atoms with van der Waals surface area (Å²) in [6.45, 7) is 4.07. The van der Waals surface area contributed by atoms with E-state index in [1.54, 1.807) is 0 Å². The van der Waals surface area contributed by atoms with E-state index in [0.717, 1.165) is 0 Å². The lowest BCUT2D eigenvalue weighted by atomic mass is 10.0. The van der Waals surface area contributed by atoms with Gasteiger partial charge < -0.3 is 5.32 Å². The lowest BCUT2D eigenvalue weighted by Gasteiger charge is -2.19. The van der Waals surface area contributed by atoms with Crippen LogP contribution >= 0.6 is 0 Å². The monoisotopic (exact) mass is 110 g/mol. The maximum absolute atomic E-state index is 6.67. The minimum atomic E-state index is 0.0434. The first kappa shape index (κ1) is 7.52. The van der Waals surface area contributed by atoms with Crippen LogP contribution in [0.3, 0.4) is 0 Å². The molecule has 0 aliphatic carbocycles. The van der Waals surface area contributed by atoms with Gasteiger partial charge in [0.2, 0.25) is 0 Å². The van der Waals surface area contributed by atoms with Gasteiger partial charge in [0.05, 0.1) is 0 Å². The van der Waals surface area contributed by atoms with Crippen LogP contribution in [0.15, 0.2) is 0 Å².